The first-order valence-corrected chi connectivity index (χ1v) is 8.14. The lowest BCUT2D eigenvalue weighted by Gasteiger charge is -2.26. The van der Waals surface area contributed by atoms with Crippen molar-refractivity contribution in [3.63, 3.8) is 0 Å². The Hall–Kier alpha value is -0.920. The molecule has 0 aliphatic heterocycles. The van der Waals surface area contributed by atoms with Crippen LogP contribution in [0, 0.1) is 5.92 Å². The van der Waals surface area contributed by atoms with Crippen LogP contribution < -0.4 is 4.72 Å². The molecule has 1 saturated carbocycles. The molecule has 19 heavy (non-hydrogen) atoms. The van der Waals surface area contributed by atoms with Crippen molar-refractivity contribution >= 4 is 10.0 Å². The van der Waals surface area contributed by atoms with Gasteiger partial charge < -0.3 is 5.11 Å². The summed E-state index contributed by atoms with van der Waals surface area (Å²) in [6.45, 7) is 0.0713. The third-order valence-electron chi connectivity index (χ3n) is 3.67. The number of sulfonamides is 1. The van der Waals surface area contributed by atoms with Crippen molar-refractivity contribution in [3.05, 3.63) is 12.4 Å². The second-order valence-electron chi connectivity index (χ2n) is 5.17. The summed E-state index contributed by atoms with van der Waals surface area (Å²) in [6.07, 6.45) is 7.56. The zero-order valence-corrected chi connectivity index (χ0v) is 11.9. The van der Waals surface area contributed by atoms with Gasteiger partial charge in [0, 0.05) is 19.8 Å². The second kappa shape index (κ2) is 6.02. The Morgan fingerprint density at radius 1 is 1.47 bits per heavy atom. The molecule has 1 aliphatic rings. The largest absolute Gasteiger partial charge is 0.391 e. The summed E-state index contributed by atoms with van der Waals surface area (Å²) in [5, 5.41) is 13.9. The number of nitrogens with zero attached hydrogens (tertiary/aromatic N) is 2. The number of hydrogen-bond donors (Lipinski definition) is 2. The van der Waals surface area contributed by atoms with Gasteiger partial charge in [-0.05, 0) is 18.8 Å². The second-order valence-corrected chi connectivity index (χ2v) is 6.93. The molecular formula is C12H21N3O3S. The van der Waals surface area contributed by atoms with Crippen molar-refractivity contribution in [2.45, 2.75) is 43.1 Å². The number of aromatic nitrogens is 2. The van der Waals surface area contributed by atoms with Gasteiger partial charge in [-0.25, -0.2) is 13.1 Å². The van der Waals surface area contributed by atoms with Crippen molar-refractivity contribution in [2.24, 2.45) is 13.0 Å². The molecule has 1 atom stereocenters. The highest BCUT2D eigenvalue weighted by Crippen LogP contribution is 2.26. The van der Waals surface area contributed by atoms with Gasteiger partial charge in [0.25, 0.3) is 0 Å². The Kier molecular flexibility index (Phi) is 4.59. The highest BCUT2D eigenvalue weighted by molar-refractivity contribution is 7.89. The molecule has 0 aromatic carbocycles. The van der Waals surface area contributed by atoms with Gasteiger partial charge in [-0.1, -0.05) is 19.3 Å². The molecule has 0 radical (unpaired) electrons. The molecule has 0 bridgehead atoms. The summed E-state index contributed by atoms with van der Waals surface area (Å²) in [4.78, 5) is 0.130. The van der Waals surface area contributed by atoms with Gasteiger partial charge in [0.15, 0.2) is 0 Å². The van der Waals surface area contributed by atoms with Gasteiger partial charge >= 0.3 is 0 Å². The van der Waals surface area contributed by atoms with E-state index < -0.39 is 16.1 Å². The van der Waals surface area contributed by atoms with Crippen LogP contribution in [0.4, 0.5) is 0 Å². The maximum atomic E-state index is 12.0. The third-order valence-corrected chi connectivity index (χ3v) is 5.05. The number of aryl methyl sites for hydroxylation is 1. The van der Waals surface area contributed by atoms with E-state index in [-0.39, 0.29) is 17.4 Å². The molecule has 7 heteroatoms. The van der Waals surface area contributed by atoms with E-state index in [4.69, 9.17) is 0 Å². The molecule has 0 spiro atoms. The van der Waals surface area contributed by atoms with Crippen LogP contribution >= 0.6 is 0 Å². The zero-order chi connectivity index (χ0) is 13.9. The van der Waals surface area contributed by atoms with E-state index in [1.165, 1.54) is 23.5 Å². The molecule has 1 aromatic rings. The van der Waals surface area contributed by atoms with Crippen LogP contribution in [0.5, 0.6) is 0 Å². The van der Waals surface area contributed by atoms with E-state index >= 15 is 0 Å². The fourth-order valence-electron chi connectivity index (χ4n) is 2.50. The lowest BCUT2D eigenvalue weighted by molar-refractivity contribution is 0.0888. The predicted octanol–water partition coefficient (Wildman–Crippen LogP) is 0.640. The van der Waals surface area contributed by atoms with Crippen LogP contribution in [-0.4, -0.2) is 36.0 Å². The van der Waals surface area contributed by atoms with Gasteiger partial charge in [-0.15, -0.1) is 0 Å². The quantitative estimate of drug-likeness (QED) is 0.832. The molecule has 0 amide bonds. The van der Waals surface area contributed by atoms with Gasteiger partial charge in [-0.3, -0.25) is 4.68 Å². The van der Waals surface area contributed by atoms with E-state index in [0.29, 0.717) is 0 Å². The molecule has 2 N–H and O–H groups in total. The summed E-state index contributed by atoms with van der Waals surface area (Å²) < 4.78 is 27.8. The fourth-order valence-corrected chi connectivity index (χ4v) is 3.54. The molecule has 1 fully saturated rings. The molecule has 108 valence electrons. The summed E-state index contributed by atoms with van der Waals surface area (Å²) in [6, 6.07) is 0. The lowest BCUT2D eigenvalue weighted by Crippen LogP contribution is -2.36. The van der Waals surface area contributed by atoms with Gasteiger partial charge in [0.2, 0.25) is 10.0 Å². The average molecular weight is 287 g/mol. The van der Waals surface area contributed by atoms with Crippen molar-refractivity contribution in [2.75, 3.05) is 6.54 Å². The number of aliphatic hydroxyl groups excluding tert-OH is 1. The summed E-state index contributed by atoms with van der Waals surface area (Å²) >= 11 is 0. The number of rotatable bonds is 5. The maximum absolute atomic E-state index is 12.0. The number of aliphatic hydroxyl groups is 1. The molecular weight excluding hydrogens is 266 g/mol. The first-order valence-electron chi connectivity index (χ1n) is 6.65. The molecule has 0 unspecified atom stereocenters. The van der Waals surface area contributed by atoms with Crippen molar-refractivity contribution in [1.29, 1.82) is 0 Å². The van der Waals surface area contributed by atoms with Crippen molar-refractivity contribution in [1.82, 2.24) is 14.5 Å². The third kappa shape index (κ3) is 3.77. The average Bonchev–Trinajstić information content (AvgIpc) is 2.85. The fraction of sp³-hybridized carbons (Fsp3) is 0.750. The Morgan fingerprint density at radius 3 is 2.74 bits per heavy atom. The first-order chi connectivity index (χ1) is 8.99. The summed E-state index contributed by atoms with van der Waals surface area (Å²) in [5.74, 6) is 0.213. The minimum atomic E-state index is -3.57. The summed E-state index contributed by atoms with van der Waals surface area (Å²) in [7, 11) is -1.90. The van der Waals surface area contributed by atoms with Crippen molar-refractivity contribution in [3.8, 4) is 0 Å². The molecule has 6 nitrogen and oxygen atoms in total. The highest BCUT2D eigenvalue weighted by atomic mass is 32.2. The van der Waals surface area contributed by atoms with E-state index in [1.807, 2.05) is 0 Å². The van der Waals surface area contributed by atoms with Crippen LogP contribution in [-0.2, 0) is 17.1 Å². The normalized spacial score (nSPS) is 19.5. The van der Waals surface area contributed by atoms with Gasteiger partial charge in [0.05, 0.1) is 12.3 Å². The SMILES string of the molecule is Cn1cc(S(=O)(=O)NC[C@@H](O)C2CCCCC2)cn1. The van der Waals surface area contributed by atoms with E-state index in [0.717, 1.165) is 25.7 Å². The lowest BCUT2D eigenvalue weighted by atomic mass is 9.85. The Labute approximate surface area is 113 Å². The molecule has 0 saturated heterocycles. The van der Waals surface area contributed by atoms with E-state index in [2.05, 4.69) is 9.82 Å². The van der Waals surface area contributed by atoms with Gasteiger partial charge in [-0.2, -0.15) is 5.10 Å². The smallest absolute Gasteiger partial charge is 0.243 e. The maximum Gasteiger partial charge on any atom is 0.243 e. The van der Waals surface area contributed by atoms with E-state index in [1.54, 1.807) is 7.05 Å². The van der Waals surface area contributed by atoms with E-state index in [9.17, 15) is 13.5 Å². The topological polar surface area (TPSA) is 84.2 Å². The van der Waals surface area contributed by atoms with Crippen LogP contribution in [0.1, 0.15) is 32.1 Å². The molecule has 1 aliphatic carbocycles. The first kappa shape index (κ1) is 14.5. The van der Waals surface area contributed by atoms with Crippen LogP contribution in [0.2, 0.25) is 0 Å². The molecule has 1 heterocycles. The minimum absolute atomic E-state index is 0.0713. The monoisotopic (exact) mass is 287 g/mol. The zero-order valence-electron chi connectivity index (χ0n) is 11.1. The van der Waals surface area contributed by atoms with Crippen LogP contribution in [0.3, 0.4) is 0 Å². The summed E-state index contributed by atoms with van der Waals surface area (Å²) in [5.41, 5.74) is 0. The highest BCUT2D eigenvalue weighted by Gasteiger charge is 2.24. The number of hydrogen-bond acceptors (Lipinski definition) is 4. The molecule has 2 rings (SSSR count). The minimum Gasteiger partial charge on any atom is -0.391 e. The van der Waals surface area contributed by atoms with Crippen LogP contribution in [0.25, 0.3) is 0 Å². The molecule has 1 aromatic heterocycles. The Bertz CT molecular complexity index is 506. The Morgan fingerprint density at radius 2 is 2.16 bits per heavy atom. The number of nitrogens with one attached hydrogen (secondary N) is 1. The van der Waals surface area contributed by atoms with Crippen molar-refractivity contribution < 1.29 is 13.5 Å². The van der Waals surface area contributed by atoms with Gasteiger partial charge in [0.1, 0.15) is 4.90 Å². The predicted molar refractivity (Wildman–Crippen MR) is 71.0 cm³/mol. The standard InChI is InChI=1S/C12H21N3O3S/c1-15-9-11(7-13-15)19(17,18)14-8-12(16)10-5-3-2-4-6-10/h7,9-10,12,14,16H,2-6,8H2,1H3/t12-/m1/s1. The van der Waals surface area contributed by atoms with Crippen LogP contribution in [0.15, 0.2) is 17.3 Å². The Balaban J connectivity index is 1.90.